The second kappa shape index (κ2) is 10.7. The van der Waals surface area contributed by atoms with Gasteiger partial charge in [0, 0.05) is 32.2 Å². The molecule has 1 aliphatic carbocycles. The molecule has 4 bridgehead atoms. The summed E-state index contributed by atoms with van der Waals surface area (Å²) < 4.78 is 0. The minimum atomic E-state index is 0.494. The first-order valence-electron chi connectivity index (χ1n) is 13.6. The van der Waals surface area contributed by atoms with Crippen LogP contribution in [0.4, 0.5) is 0 Å². The van der Waals surface area contributed by atoms with Crippen LogP contribution in [-0.4, -0.2) is 48.6 Å². The molecule has 0 aromatic carbocycles. The van der Waals surface area contributed by atoms with Gasteiger partial charge in [-0.05, 0) is 94.4 Å². The third-order valence-corrected chi connectivity index (χ3v) is 8.96. The van der Waals surface area contributed by atoms with Crippen LogP contribution in [0.2, 0.25) is 0 Å². The van der Waals surface area contributed by atoms with Gasteiger partial charge in [-0.15, -0.1) is 0 Å². The van der Waals surface area contributed by atoms with E-state index in [1.54, 1.807) is 5.57 Å². The Morgan fingerprint density at radius 2 is 1.53 bits per heavy atom. The molecule has 5 atom stereocenters. The summed E-state index contributed by atoms with van der Waals surface area (Å²) in [5, 5.41) is 0. The Morgan fingerprint density at radius 1 is 0.750 bits per heavy atom. The zero-order valence-electron chi connectivity index (χ0n) is 20.1. The standard InChI is InChI=1S/C30H44N2/c1-2-4-7-11-15-19-31-23-27-21-26-17-13-9-5-8-12-16-20-32-25-30(24-31,18-14-10-6-3-1)28(27)22-29(26)32/h1-2,5-7,9-11,17,27-29H,3-4,8,12-16,18-25H2/b2-1-,9-5-,10-6-,11-7-,26-17-/t27-,28+,29-,30-/m1/s1. The van der Waals surface area contributed by atoms with Crippen LogP contribution in [0.5, 0.6) is 0 Å². The van der Waals surface area contributed by atoms with E-state index >= 15 is 0 Å². The zero-order valence-corrected chi connectivity index (χ0v) is 20.1. The Morgan fingerprint density at radius 3 is 2.44 bits per heavy atom. The van der Waals surface area contributed by atoms with Crippen molar-refractivity contribution in [3.63, 3.8) is 0 Å². The first kappa shape index (κ1) is 22.4. The number of hydrogen-bond donors (Lipinski definition) is 0. The molecule has 1 unspecified atom stereocenters. The largest absolute Gasteiger partial charge is 0.302 e. The van der Waals surface area contributed by atoms with E-state index in [1.165, 1.54) is 84.1 Å². The molecule has 2 nitrogen and oxygen atoms in total. The van der Waals surface area contributed by atoms with Gasteiger partial charge in [0.1, 0.15) is 0 Å². The molecular weight excluding hydrogens is 388 g/mol. The Balaban J connectivity index is 1.43. The molecule has 174 valence electrons. The lowest BCUT2D eigenvalue weighted by atomic mass is 9.54. The van der Waals surface area contributed by atoms with Gasteiger partial charge in [-0.3, -0.25) is 4.90 Å². The van der Waals surface area contributed by atoms with Gasteiger partial charge < -0.3 is 4.90 Å². The van der Waals surface area contributed by atoms with Crippen molar-refractivity contribution in [2.24, 2.45) is 17.3 Å². The van der Waals surface area contributed by atoms with E-state index in [2.05, 4.69) is 64.5 Å². The maximum absolute atomic E-state index is 2.95. The van der Waals surface area contributed by atoms with Crippen molar-refractivity contribution < 1.29 is 0 Å². The molecule has 1 spiro atoms. The van der Waals surface area contributed by atoms with Gasteiger partial charge in [-0.1, -0.05) is 60.3 Å². The van der Waals surface area contributed by atoms with E-state index in [9.17, 15) is 0 Å². The van der Waals surface area contributed by atoms with Gasteiger partial charge in [0.15, 0.2) is 0 Å². The lowest BCUT2D eigenvalue weighted by molar-refractivity contribution is -0.107. The molecule has 5 aliphatic rings. The van der Waals surface area contributed by atoms with E-state index in [0.717, 1.165) is 37.1 Å². The highest BCUT2D eigenvalue weighted by atomic mass is 15.2. The molecule has 0 N–H and O–H groups in total. The summed E-state index contributed by atoms with van der Waals surface area (Å²) in [6, 6.07) is 0.736. The quantitative estimate of drug-likeness (QED) is 0.394. The summed E-state index contributed by atoms with van der Waals surface area (Å²) in [7, 11) is 0. The van der Waals surface area contributed by atoms with Crippen LogP contribution in [0.3, 0.4) is 0 Å². The third-order valence-electron chi connectivity index (χ3n) is 8.96. The topological polar surface area (TPSA) is 6.48 Å². The molecule has 0 radical (unpaired) electrons. The molecule has 0 amide bonds. The van der Waals surface area contributed by atoms with Crippen LogP contribution in [0.1, 0.15) is 70.6 Å². The fourth-order valence-electron chi connectivity index (χ4n) is 7.52. The van der Waals surface area contributed by atoms with Gasteiger partial charge in [-0.25, -0.2) is 0 Å². The van der Waals surface area contributed by atoms with Crippen molar-refractivity contribution in [2.75, 3.05) is 32.7 Å². The fourth-order valence-corrected chi connectivity index (χ4v) is 7.52. The minimum Gasteiger partial charge on any atom is -0.302 e. The van der Waals surface area contributed by atoms with Crippen molar-refractivity contribution in [2.45, 2.75) is 76.7 Å². The maximum Gasteiger partial charge on any atom is 0.0310 e. The van der Waals surface area contributed by atoms with E-state index < -0.39 is 0 Å². The Hall–Kier alpha value is -1.38. The lowest BCUT2D eigenvalue weighted by Gasteiger charge is -2.62. The third kappa shape index (κ3) is 5.07. The highest BCUT2D eigenvalue weighted by Crippen LogP contribution is 2.55. The predicted octanol–water partition coefficient (Wildman–Crippen LogP) is 6.69. The van der Waals surface area contributed by atoms with Gasteiger partial charge in [0.05, 0.1) is 0 Å². The SMILES string of the molecule is C1=C\C/C=C\CC[C@@]23CN(CC/C=C\C/1)C[C@H]1C/C4=C/C/C=C\CCCCN(C2)[C@@H]4C[C@@H]13. The average molecular weight is 433 g/mol. The number of allylic oxidation sites excluding steroid dienone is 8. The van der Waals surface area contributed by atoms with Gasteiger partial charge in [0.2, 0.25) is 0 Å². The predicted molar refractivity (Wildman–Crippen MR) is 137 cm³/mol. The Labute approximate surface area is 196 Å². The summed E-state index contributed by atoms with van der Waals surface area (Å²) in [6.07, 6.45) is 35.7. The smallest absolute Gasteiger partial charge is 0.0310 e. The van der Waals surface area contributed by atoms with E-state index in [4.69, 9.17) is 0 Å². The highest BCUT2D eigenvalue weighted by Gasteiger charge is 2.55. The van der Waals surface area contributed by atoms with E-state index in [-0.39, 0.29) is 0 Å². The van der Waals surface area contributed by atoms with Crippen molar-refractivity contribution in [1.82, 2.24) is 9.80 Å². The lowest BCUT2D eigenvalue weighted by Crippen LogP contribution is -2.65. The number of hydrogen-bond acceptors (Lipinski definition) is 2. The van der Waals surface area contributed by atoms with Crippen LogP contribution in [0.25, 0.3) is 0 Å². The van der Waals surface area contributed by atoms with Crippen molar-refractivity contribution in [1.29, 1.82) is 0 Å². The van der Waals surface area contributed by atoms with Crippen LogP contribution in [0, 0.1) is 17.3 Å². The van der Waals surface area contributed by atoms with Crippen LogP contribution in [-0.2, 0) is 0 Å². The molecule has 0 aromatic rings. The monoisotopic (exact) mass is 432 g/mol. The summed E-state index contributed by atoms with van der Waals surface area (Å²) in [5.41, 5.74) is 2.28. The number of piperidine rings is 2. The normalized spacial score (nSPS) is 44.4. The minimum absolute atomic E-state index is 0.494. The number of nitrogens with zero attached hydrogens (tertiary/aromatic N) is 2. The molecule has 3 fully saturated rings. The van der Waals surface area contributed by atoms with Gasteiger partial charge in [-0.2, -0.15) is 0 Å². The Kier molecular flexibility index (Phi) is 7.49. The van der Waals surface area contributed by atoms with Crippen molar-refractivity contribution in [3.05, 3.63) is 60.3 Å². The molecule has 0 aromatic heterocycles. The number of rotatable bonds is 0. The van der Waals surface area contributed by atoms with Crippen LogP contribution in [0.15, 0.2) is 60.3 Å². The van der Waals surface area contributed by atoms with Gasteiger partial charge in [0.25, 0.3) is 0 Å². The molecular formula is C30H44N2. The summed E-state index contributed by atoms with van der Waals surface area (Å²) in [6.45, 7) is 6.54. The number of fused-ring (bicyclic) bond motifs is 1. The highest BCUT2D eigenvalue weighted by molar-refractivity contribution is 5.23. The first-order valence-corrected chi connectivity index (χ1v) is 13.6. The summed E-state index contributed by atoms with van der Waals surface area (Å²) >= 11 is 0. The van der Waals surface area contributed by atoms with E-state index in [1.807, 2.05) is 0 Å². The summed E-state index contributed by atoms with van der Waals surface area (Å²) in [5.74, 6) is 1.80. The zero-order chi connectivity index (χ0) is 21.6. The van der Waals surface area contributed by atoms with Gasteiger partial charge >= 0.3 is 0 Å². The van der Waals surface area contributed by atoms with Crippen LogP contribution < -0.4 is 0 Å². The second-order valence-corrected chi connectivity index (χ2v) is 11.1. The molecule has 4 aliphatic heterocycles. The van der Waals surface area contributed by atoms with Crippen molar-refractivity contribution in [3.8, 4) is 0 Å². The second-order valence-electron chi connectivity index (χ2n) is 11.1. The maximum atomic E-state index is 2.95. The molecule has 4 heterocycles. The molecule has 32 heavy (non-hydrogen) atoms. The van der Waals surface area contributed by atoms with E-state index in [0.29, 0.717) is 5.41 Å². The molecule has 2 saturated heterocycles. The molecule has 5 rings (SSSR count). The Bertz CT molecular complexity index is 772. The average Bonchev–Trinajstić information content (AvgIpc) is 2.84. The first-order chi connectivity index (χ1) is 15.8. The van der Waals surface area contributed by atoms with Crippen LogP contribution >= 0.6 is 0 Å². The molecule has 1 saturated carbocycles. The van der Waals surface area contributed by atoms with Crippen molar-refractivity contribution >= 4 is 0 Å². The summed E-state index contributed by atoms with van der Waals surface area (Å²) in [4.78, 5) is 5.82. The molecule has 2 heteroatoms. The fraction of sp³-hybridized carbons (Fsp3) is 0.667.